The molecule has 0 aliphatic heterocycles. The molecule has 0 spiro atoms. The van der Waals surface area contributed by atoms with Gasteiger partial charge in [0.2, 0.25) is 0 Å². The molecule has 0 heterocycles. The van der Waals surface area contributed by atoms with Gasteiger partial charge < -0.3 is 0 Å². The fourth-order valence-corrected chi connectivity index (χ4v) is 3.19. The highest BCUT2D eigenvalue weighted by molar-refractivity contribution is 5.22. The van der Waals surface area contributed by atoms with Crippen molar-refractivity contribution in [3.8, 4) is 0 Å². The van der Waals surface area contributed by atoms with Crippen LogP contribution in [0.5, 0.6) is 0 Å². The molecule has 1 fully saturated rings. The van der Waals surface area contributed by atoms with Crippen LogP contribution in [0.3, 0.4) is 0 Å². The molecule has 18 heavy (non-hydrogen) atoms. The zero-order valence-electron chi connectivity index (χ0n) is 11.7. The zero-order valence-corrected chi connectivity index (χ0v) is 11.7. The Morgan fingerprint density at radius 3 is 2.61 bits per heavy atom. The lowest BCUT2D eigenvalue weighted by Crippen LogP contribution is -2.43. The second-order valence-corrected chi connectivity index (χ2v) is 5.99. The molecule has 1 aliphatic carbocycles. The Kier molecular flexibility index (Phi) is 4.79. The topological polar surface area (TPSA) is 38.0 Å². The molecular formula is C16H26N2. The van der Waals surface area contributed by atoms with Gasteiger partial charge >= 0.3 is 0 Å². The van der Waals surface area contributed by atoms with E-state index in [1.807, 2.05) is 0 Å². The van der Waals surface area contributed by atoms with Crippen LogP contribution in [0.1, 0.15) is 43.7 Å². The predicted molar refractivity (Wildman–Crippen MR) is 77.1 cm³/mol. The van der Waals surface area contributed by atoms with E-state index in [-0.39, 0.29) is 0 Å². The summed E-state index contributed by atoms with van der Waals surface area (Å²) in [5, 5.41) is 0. The van der Waals surface area contributed by atoms with E-state index in [2.05, 4.69) is 43.5 Å². The van der Waals surface area contributed by atoms with Crippen molar-refractivity contribution in [1.29, 1.82) is 0 Å². The summed E-state index contributed by atoms with van der Waals surface area (Å²) in [6, 6.07) is 9.26. The molecule has 2 rings (SSSR count). The van der Waals surface area contributed by atoms with Gasteiger partial charge in [0.05, 0.1) is 0 Å². The van der Waals surface area contributed by atoms with Gasteiger partial charge in [-0.3, -0.25) is 11.3 Å². The van der Waals surface area contributed by atoms with Crippen molar-refractivity contribution in [2.45, 2.75) is 52.0 Å². The van der Waals surface area contributed by atoms with Crippen molar-refractivity contribution in [2.75, 3.05) is 0 Å². The maximum atomic E-state index is 5.78. The first-order valence-corrected chi connectivity index (χ1v) is 7.20. The standard InChI is InChI=1S/C16H26N2/c1-12-6-8-14(9-7-12)11-16(18-17)15-5-3-4-13(2)10-15/h6-9,13,15-16,18H,3-5,10-11,17H2,1-2H3. The summed E-state index contributed by atoms with van der Waals surface area (Å²) in [6.07, 6.45) is 6.44. The third kappa shape index (κ3) is 3.56. The van der Waals surface area contributed by atoms with Crippen LogP contribution in [-0.2, 0) is 6.42 Å². The van der Waals surface area contributed by atoms with Gasteiger partial charge in [-0.2, -0.15) is 0 Å². The molecule has 3 unspecified atom stereocenters. The fraction of sp³-hybridized carbons (Fsp3) is 0.625. The van der Waals surface area contributed by atoms with E-state index >= 15 is 0 Å². The Labute approximate surface area is 111 Å². The van der Waals surface area contributed by atoms with Gasteiger partial charge in [0.1, 0.15) is 0 Å². The second-order valence-electron chi connectivity index (χ2n) is 5.99. The molecule has 0 radical (unpaired) electrons. The summed E-state index contributed by atoms with van der Waals surface area (Å²) in [7, 11) is 0. The third-order valence-corrected chi connectivity index (χ3v) is 4.34. The van der Waals surface area contributed by atoms with E-state index in [1.165, 1.54) is 36.8 Å². The van der Waals surface area contributed by atoms with E-state index in [0.29, 0.717) is 6.04 Å². The normalized spacial score (nSPS) is 25.9. The van der Waals surface area contributed by atoms with Crippen LogP contribution >= 0.6 is 0 Å². The van der Waals surface area contributed by atoms with Gasteiger partial charge in [0, 0.05) is 6.04 Å². The van der Waals surface area contributed by atoms with Crippen molar-refractivity contribution in [2.24, 2.45) is 17.7 Å². The van der Waals surface area contributed by atoms with E-state index in [9.17, 15) is 0 Å². The highest BCUT2D eigenvalue weighted by Gasteiger charge is 2.25. The van der Waals surface area contributed by atoms with E-state index in [1.54, 1.807) is 0 Å². The molecule has 1 aromatic carbocycles. The average molecular weight is 246 g/mol. The molecular weight excluding hydrogens is 220 g/mol. The first-order valence-electron chi connectivity index (χ1n) is 7.20. The molecule has 100 valence electrons. The number of hydrogen-bond acceptors (Lipinski definition) is 2. The molecule has 2 nitrogen and oxygen atoms in total. The Balaban J connectivity index is 1.98. The van der Waals surface area contributed by atoms with Gasteiger partial charge in [0.25, 0.3) is 0 Å². The fourth-order valence-electron chi connectivity index (χ4n) is 3.19. The minimum absolute atomic E-state index is 0.426. The summed E-state index contributed by atoms with van der Waals surface area (Å²) < 4.78 is 0. The van der Waals surface area contributed by atoms with E-state index in [0.717, 1.165) is 18.3 Å². The van der Waals surface area contributed by atoms with Gasteiger partial charge in [-0.15, -0.1) is 0 Å². The second kappa shape index (κ2) is 6.35. The Hall–Kier alpha value is -0.860. The van der Waals surface area contributed by atoms with E-state index in [4.69, 9.17) is 5.84 Å². The van der Waals surface area contributed by atoms with Crippen LogP contribution < -0.4 is 11.3 Å². The number of aryl methyl sites for hydroxylation is 1. The molecule has 1 saturated carbocycles. The minimum atomic E-state index is 0.426. The van der Waals surface area contributed by atoms with Crippen molar-refractivity contribution < 1.29 is 0 Å². The molecule has 3 atom stereocenters. The maximum absolute atomic E-state index is 5.78. The molecule has 0 saturated heterocycles. The largest absolute Gasteiger partial charge is 0.271 e. The first-order chi connectivity index (χ1) is 8.69. The van der Waals surface area contributed by atoms with Crippen molar-refractivity contribution in [1.82, 2.24) is 5.43 Å². The Morgan fingerprint density at radius 2 is 2.00 bits per heavy atom. The highest BCUT2D eigenvalue weighted by atomic mass is 15.2. The van der Waals surface area contributed by atoms with Gasteiger partial charge in [-0.1, -0.05) is 49.6 Å². The van der Waals surface area contributed by atoms with Gasteiger partial charge in [-0.25, -0.2) is 0 Å². The van der Waals surface area contributed by atoms with Gasteiger partial charge in [-0.05, 0) is 43.6 Å². The molecule has 0 bridgehead atoms. The predicted octanol–water partition coefficient (Wildman–Crippen LogP) is 3.20. The molecule has 3 N–H and O–H groups in total. The monoisotopic (exact) mass is 246 g/mol. The van der Waals surface area contributed by atoms with Crippen LogP contribution in [0, 0.1) is 18.8 Å². The molecule has 0 aromatic heterocycles. The number of hydrogen-bond donors (Lipinski definition) is 2. The van der Waals surface area contributed by atoms with Crippen LogP contribution in [0.15, 0.2) is 24.3 Å². The van der Waals surface area contributed by atoms with Crippen LogP contribution in [0.2, 0.25) is 0 Å². The van der Waals surface area contributed by atoms with Crippen LogP contribution in [0.4, 0.5) is 0 Å². The Bertz CT molecular complexity index is 358. The van der Waals surface area contributed by atoms with E-state index < -0.39 is 0 Å². The van der Waals surface area contributed by atoms with Crippen molar-refractivity contribution in [3.05, 3.63) is 35.4 Å². The smallest absolute Gasteiger partial charge is 0.0279 e. The molecule has 0 amide bonds. The maximum Gasteiger partial charge on any atom is 0.0279 e. The lowest BCUT2D eigenvalue weighted by Gasteiger charge is -2.33. The molecule has 2 heteroatoms. The van der Waals surface area contributed by atoms with Gasteiger partial charge in [0.15, 0.2) is 0 Å². The van der Waals surface area contributed by atoms with Crippen LogP contribution in [0.25, 0.3) is 0 Å². The minimum Gasteiger partial charge on any atom is -0.271 e. The summed E-state index contributed by atoms with van der Waals surface area (Å²) in [6.45, 7) is 4.50. The molecule has 1 aromatic rings. The summed E-state index contributed by atoms with van der Waals surface area (Å²) in [5.74, 6) is 7.37. The Morgan fingerprint density at radius 1 is 1.28 bits per heavy atom. The highest BCUT2D eigenvalue weighted by Crippen LogP contribution is 2.31. The number of benzene rings is 1. The third-order valence-electron chi connectivity index (χ3n) is 4.34. The van der Waals surface area contributed by atoms with Crippen LogP contribution in [-0.4, -0.2) is 6.04 Å². The number of rotatable bonds is 4. The summed E-state index contributed by atoms with van der Waals surface area (Å²) >= 11 is 0. The summed E-state index contributed by atoms with van der Waals surface area (Å²) in [5.41, 5.74) is 5.77. The quantitative estimate of drug-likeness (QED) is 0.632. The number of nitrogens with two attached hydrogens (primary N) is 1. The molecule has 1 aliphatic rings. The average Bonchev–Trinajstić information content (AvgIpc) is 2.38. The van der Waals surface area contributed by atoms with Crippen molar-refractivity contribution >= 4 is 0 Å². The number of hydrazine groups is 1. The first kappa shape index (κ1) is 13.6. The SMILES string of the molecule is Cc1ccc(CC(NN)C2CCCC(C)C2)cc1. The zero-order chi connectivity index (χ0) is 13.0. The van der Waals surface area contributed by atoms with Crippen molar-refractivity contribution in [3.63, 3.8) is 0 Å². The summed E-state index contributed by atoms with van der Waals surface area (Å²) in [4.78, 5) is 0. The number of nitrogens with one attached hydrogen (secondary N) is 1. The lowest BCUT2D eigenvalue weighted by molar-refractivity contribution is 0.222. The lowest BCUT2D eigenvalue weighted by atomic mass is 9.77.